The van der Waals surface area contributed by atoms with E-state index in [9.17, 15) is 9.18 Å². The van der Waals surface area contributed by atoms with Gasteiger partial charge < -0.3 is 10.1 Å². The number of anilines is 1. The molecule has 110 valence electrons. The Hall–Kier alpha value is -2.36. The van der Waals surface area contributed by atoms with Gasteiger partial charge in [0, 0.05) is 5.69 Å². The Kier molecular flexibility index (Phi) is 4.26. The zero-order chi connectivity index (χ0) is 15.5. The lowest BCUT2D eigenvalue weighted by Gasteiger charge is -2.31. The third-order valence-corrected chi connectivity index (χ3v) is 3.52. The fourth-order valence-electron chi connectivity index (χ4n) is 2.39. The zero-order valence-electron chi connectivity index (χ0n) is 12.3. The van der Waals surface area contributed by atoms with Gasteiger partial charge in [-0.3, -0.25) is 0 Å². The predicted molar refractivity (Wildman–Crippen MR) is 80.6 cm³/mol. The second-order valence-corrected chi connectivity index (χ2v) is 5.06. The minimum absolute atomic E-state index is 0.323. The Labute approximate surface area is 123 Å². The summed E-state index contributed by atoms with van der Waals surface area (Å²) in [5.74, 6) is -0.725. The molecule has 0 amide bonds. The van der Waals surface area contributed by atoms with Crippen LogP contribution in [-0.2, 0) is 15.1 Å². The van der Waals surface area contributed by atoms with E-state index in [0.717, 1.165) is 11.1 Å². The van der Waals surface area contributed by atoms with E-state index < -0.39 is 11.5 Å². The highest BCUT2D eigenvalue weighted by Gasteiger charge is 2.37. The van der Waals surface area contributed by atoms with E-state index in [4.69, 9.17) is 4.74 Å². The number of carbonyl (C=O) groups is 1. The minimum atomic E-state index is -1.04. The van der Waals surface area contributed by atoms with Crippen LogP contribution in [0.3, 0.4) is 0 Å². The number of ether oxygens (including phenoxy) is 1. The smallest absolute Gasteiger partial charge is 0.335 e. The van der Waals surface area contributed by atoms with Gasteiger partial charge in [-0.2, -0.15) is 0 Å². The highest BCUT2D eigenvalue weighted by Crippen LogP contribution is 2.30. The highest BCUT2D eigenvalue weighted by atomic mass is 19.1. The van der Waals surface area contributed by atoms with Gasteiger partial charge >= 0.3 is 5.97 Å². The van der Waals surface area contributed by atoms with Gasteiger partial charge in [-0.05, 0) is 49.2 Å². The summed E-state index contributed by atoms with van der Waals surface area (Å²) in [4.78, 5) is 12.3. The number of nitrogens with one attached hydrogen (secondary N) is 1. The number of aryl methyl sites for hydroxylation is 1. The van der Waals surface area contributed by atoms with Crippen LogP contribution < -0.4 is 5.32 Å². The first-order chi connectivity index (χ1) is 9.97. The van der Waals surface area contributed by atoms with Crippen LogP contribution in [-0.4, -0.2) is 13.1 Å². The van der Waals surface area contributed by atoms with Crippen LogP contribution in [0.5, 0.6) is 0 Å². The van der Waals surface area contributed by atoms with Crippen molar-refractivity contribution in [3.8, 4) is 0 Å². The minimum Gasteiger partial charge on any atom is -0.467 e. The molecule has 0 spiro atoms. The second-order valence-electron chi connectivity index (χ2n) is 5.06. The summed E-state index contributed by atoms with van der Waals surface area (Å²) in [6, 6.07) is 13.5. The zero-order valence-corrected chi connectivity index (χ0v) is 12.3. The first-order valence-electron chi connectivity index (χ1n) is 6.65. The fraction of sp³-hybridized carbons (Fsp3) is 0.235. The lowest BCUT2D eigenvalue weighted by atomic mass is 9.88. The largest absolute Gasteiger partial charge is 0.467 e. The molecule has 0 saturated carbocycles. The van der Waals surface area contributed by atoms with Gasteiger partial charge in [0.2, 0.25) is 0 Å². The van der Waals surface area contributed by atoms with Gasteiger partial charge in [0.25, 0.3) is 0 Å². The topological polar surface area (TPSA) is 38.3 Å². The molecule has 1 atom stereocenters. The summed E-state index contributed by atoms with van der Waals surface area (Å²) in [7, 11) is 1.35. The average Bonchev–Trinajstić information content (AvgIpc) is 2.49. The molecule has 21 heavy (non-hydrogen) atoms. The number of benzene rings is 2. The van der Waals surface area contributed by atoms with Crippen LogP contribution in [0.15, 0.2) is 48.5 Å². The molecular formula is C17H18FNO2. The Morgan fingerprint density at radius 1 is 1.14 bits per heavy atom. The van der Waals surface area contributed by atoms with Crippen molar-refractivity contribution in [1.29, 1.82) is 0 Å². The maximum atomic E-state index is 13.0. The predicted octanol–water partition coefficient (Wildman–Crippen LogP) is 3.63. The Morgan fingerprint density at radius 3 is 2.33 bits per heavy atom. The van der Waals surface area contributed by atoms with E-state index in [0.29, 0.717) is 5.69 Å². The van der Waals surface area contributed by atoms with Gasteiger partial charge in [0.05, 0.1) is 7.11 Å². The molecule has 2 aromatic carbocycles. The van der Waals surface area contributed by atoms with E-state index in [1.807, 2.05) is 31.2 Å². The van der Waals surface area contributed by atoms with Gasteiger partial charge in [0.1, 0.15) is 5.82 Å². The lowest BCUT2D eigenvalue weighted by molar-refractivity contribution is -0.145. The quantitative estimate of drug-likeness (QED) is 0.873. The molecule has 0 aliphatic heterocycles. The molecule has 2 aromatic rings. The van der Waals surface area contributed by atoms with E-state index in [1.165, 1.54) is 19.2 Å². The Balaban J connectivity index is 2.45. The van der Waals surface area contributed by atoms with E-state index in [1.54, 1.807) is 19.1 Å². The maximum Gasteiger partial charge on any atom is 0.335 e. The van der Waals surface area contributed by atoms with Crippen molar-refractivity contribution < 1.29 is 13.9 Å². The monoisotopic (exact) mass is 287 g/mol. The lowest BCUT2D eigenvalue weighted by Crippen LogP contribution is -2.42. The molecule has 2 rings (SSSR count). The van der Waals surface area contributed by atoms with E-state index >= 15 is 0 Å². The SMILES string of the molecule is COC(=O)C(C)(Nc1ccc(F)cc1)c1ccccc1C. The molecule has 0 aliphatic carbocycles. The summed E-state index contributed by atoms with van der Waals surface area (Å²) in [5.41, 5.74) is 1.39. The van der Waals surface area contributed by atoms with Crippen molar-refractivity contribution in [2.45, 2.75) is 19.4 Å². The normalized spacial score (nSPS) is 13.3. The molecule has 1 unspecified atom stereocenters. The van der Waals surface area contributed by atoms with Crippen LogP contribution in [0.4, 0.5) is 10.1 Å². The molecule has 0 aromatic heterocycles. The molecule has 0 fully saturated rings. The summed E-state index contributed by atoms with van der Waals surface area (Å²) < 4.78 is 18.0. The summed E-state index contributed by atoms with van der Waals surface area (Å²) in [5, 5.41) is 3.15. The van der Waals surface area contributed by atoms with Crippen LogP contribution >= 0.6 is 0 Å². The number of rotatable bonds is 4. The number of esters is 1. The number of halogens is 1. The summed E-state index contributed by atoms with van der Waals surface area (Å²) >= 11 is 0. The highest BCUT2D eigenvalue weighted by molar-refractivity contribution is 5.86. The molecule has 0 bridgehead atoms. The second kappa shape index (κ2) is 5.95. The van der Waals surface area contributed by atoms with Crippen LogP contribution in [0.2, 0.25) is 0 Å². The van der Waals surface area contributed by atoms with E-state index in [2.05, 4.69) is 5.32 Å². The Bertz CT molecular complexity index is 639. The average molecular weight is 287 g/mol. The molecule has 0 aliphatic rings. The molecule has 3 nitrogen and oxygen atoms in total. The Morgan fingerprint density at radius 2 is 1.76 bits per heavy atom. The number of hydrogen-bond acceptors (Lipinski definition) is 3. The van der Waals surface area contributed by atoms with Gasteiger partial charge in [-0.15, -0.1) is 0 Å². The molecule has 0 heterocycles. The molecule has 4 heteroatoms. The first kappa shape index (κ1) is 15.0. The van der Waals surface area contributed by atoms with Crippen molar-refractivity contribution in [1.82, 2.24) is 0 Å². The molecule has 0 radical (unpaired) electrons. The molecule has 0 saturated heterocycles. The van der Waals surface area contributed by atoms with Crippen molar-refractivity contribution >= 4 is 11.7 Å². The van der Waals surface area contributed by atoms with Crippen LogP contribution in [0.1, 0.15) is 18.1 Å². The third kappa shape index (κ3) is 3.05. The van der Waals surface area contributed by atoms with Gasteiger partial charge in [-0.1, -0.05) is 24.3 Å². The van der Waals surface area contributed by atoms with Crippen molar-refractivity contribution in [3.05, 3.63) is 65.5 Å². The third-order valence-electron chi connectivity index (χ3n) is 3.52. The van der Waals surface area contributed by atoms with Crippen LogP contribution in [0.25, 0.3) is 0 Å². The van der Waals surface area contributed by atoms with E-state index in [-0.39, 0.29) is 5.82 Å². The summed E-state index contributed by atoms with van der Waals surface area (Å²) in [6.07, 6.45) is 0. The standard InChI is InChI=1S/C17H18FNO2/c1-12-6-4-5-7-15(12)17(2,16(20)21-3)19-14-10-8-13(18)9-11-14/h4-11,19H,1-3H3. The molecule has 1 N–H and O–H groups in total. The molecular weight excluding hydrogens is 269 g/mol. The van der Waals surface area contributed by atoms with Crippen molar-refractivity contribution in [2.24, 2.45) is 0 Å². The van der Waals surface area contributed by atoms with Crippen LogP contribution in [0, 0.1) is 12.7 Å². The van der Waals surface area contributed by atoms with Crippen molar-refractivity contribution in [2.75, 3.05) is 12.4 Å². The number of methoxy groups -OCH3 is 1. The number of hydrogen-bond donors (Lipinski definition) is 1. The number of carbonyl (C=O) groups excluding carboxylic acids is 1. The fourth-order valence-corrected chi connectivity index (χ4v) is 2.39. The van der Waals surface area contributed by atoms with Gasteiger partial charge in [-0.25, -0.2) is 9.18 Å². The van der Waals surface area contributed by atoms with Gasteiger partial charge in [0.15, 0.2) is 5.54 Å². The maximum absolute atomic E-state index is 13.0. The first-order valence-corrected chi connectivity index (χ1v) is 6.65. The van der Waals surface area contributed by atoms with Crippen molar-refractivity contribution in [3.63, 3.8) is 0 Å². The summed E-state index contributed by atoms with van der Waals surface area (Å²) in [6.45, 7) is 3.69.